The molecule has 0 fully saturated rings. The van der Waals surface area contributed by atoms with E-state index in [4.69, 9.17) is 0 Å². The van der Waals surface area contributed by atoms with Gasteiger partial charge in [0.15, 0.2) is 0 Å². The largest absolute Gasteiger partial charge is 0.407 e. The van der Waals surface area contributed by atoms with Gasteiger partial charge in [0.25, 0.3) is 0 Å². The van der Waals surface area contributed by atoms with Gasteiger partial charge in [0.05, 0.1) is 0 Å². The molecule has 0 aromatic heterocycles. The average molecular weight is 259 g/mol. The van der Waals surface area contributed by atoms with Crippen molar-refractivity contribution in [3.8, 4) is 0 Å². The van der Waals surface area contributed by atoms with Crippen LogP contribution in [-0.4, -0.2) is 12.7 Å². The molecule has 1 N–H and O–H groups in total. The molecule has 102 valence electrons. The highest BCUT2D eigenvalue weighted by Crippen LogP contribution is 2.32. The van der Waals surface area contributed by atoms with Crippen molar-refractivity contribution < 1.29 is 13.2 Å². The number of nitrogens with one attached hydrogen (secondary N) is 1. The summed E-state index contributed by atoms with van der Waals surface area (Å²) >= 11 is 0. The number of rotatable bonds is 7. The summed E-state index contributed by atoms with van der Waals surface area (Å²) in [5, 5.41) is 2.61. The van der Waals surface area contributed by atoms with Gasteiger partial charge < -0.3 is 5.32 Å². The fraction of sp³-hybridized carbons (Fsp3) is 0.571. The van der Waals surface area contributed by atoms with E-state index in [9.17, 15) is 13.2 Å². The van der Waals surface area contributed by atoms with Crippen molar-refractivity contribution >= 4 is 0 Å². The maximum atomic E-state index is 12.9. The standard InChI is InChI=1S/C14H20F3N/c1-2-3-4-8-11-18-13(14(15,16)17)12-9-6-5-7-10-12/h5-7,9-10,13,18H,2-4,8,11H2,1H3. The Bertz CT molecular complexity index is 322. The Kier molecular flexibility index (Phi) is 6.19. The van der Waals surface area contributed by atoms with Crippen molar-refractivity contribution in [3.05, 3.63) is 35.9 Å². The first-order valence-corrected chi connectivity index (χ1v) is 6.40. The Hall–Kier alpha value is -1.03. The van der Waals surface area contributed by atoms with Crippen LogP contribution in [0.5, 0.6) is 0 Å². The molecular formula is C14H20F3N. The molecule has 1 aromatic rings. The van der Waals surface area contributed by atoms with Gasteiger partial charge in [-0.3, -0.25) is 0 Å². The average Bonchev–Trinajstić information content (AvgIpc) is 2.33. The summed E-state index contributed by atoms with van der Waals surface area (Å²) in [6.45, 7) is 2.48. The monoisotopic (exact) mass is 259 g/mol. The molecule has 0 aliphatic heterocycles. The fourth-order valence-electron chi connectivity index (χ4n) is 1.87. The van der Waals surface area contributed by atoms with Crippen LogP contribution in [0.25, 0.3) is 0 Å². The van der Waals surface area contributed by atoms with Crippen molar-refractivity contribution in [2.45, 2.75) is 44.8 Å². The minimum absolute atomic E-state index is 0.278. The maximum absolute atomic E-state index is 12.9. The van der Waals surface area contributed by atoms with Gasteiger partial charge in [0, 0.05) is 0 Å². The van der Waals surface area contributed by atoms with Gasteiger partial charge in [-0.1, -0.05) is 56.5 Å². The van der Waals surface area contributed by atoms with E-state index in [1.807, 2.05) is 0 Å². The summed E-state index contributed by atoms with van der Waals surface area (Å²) in [5.41, 5.74) is 0.278. The van der Waals surface area contributed by atoms with Crippen LogP contribution >= 0.6 is 0 Å². The van der Waals surface area contributed by atoms with Gasteiger partial charge in [0.1, 0.15) is 6.04 Å². The zero-order valence-corrected chi connectivity index (χ0v) is 10.6. The number of hydrogen-bond acceptors (Lipinski definition) is 1. The zero-order valence-electron chi connectivity index (χ0n) is 10.6. The summed E-state index contributed by atoms with van der Waals surface area (Å²) in [7, 11) is 0. The molecule has 0 amide bonds. The Morgan fingerprint density at radius 3 is 2.28 bits per heavy atom. The minimum atomic E-state index is -4.24. The van der Waals surface area contributed by atoms with Crippen molar-refractivity contribution in [1.29, 1.82) is 0 Å². The molecule has 0 aliphatic rings. The van der Waals surface area contributed by atoms with E-state index in [0.29, 0.717) is 6.54 Å². The molecule has 0 radical (unpaired) electrons. The lowest BCUT2D eigenvalue weighted by atomic mass is 10.1. The lowest BCUT2D eigenvalue weighted by molar-refractivity contribution is -0.157. The van der Waals surface area contributed by atoms with Crippen LogP contribution in [0.15, 0.2) is 30.3 Å². The Morgan fingerprint density at radius 1 is 1.06 bits per heavy atom. The van der Waals surface area contributed by atoms with Gasteiger partial charge in [-0.05, 0) is 18.5 Å². The van der Waals surface area contributed by atoms with E-state index in [-0.39, 0.29) is 5.56 Å². The van der Waals surface area contributed by atoms with Crippen LogP contribution in [0.1, 0.15) is 44.2 Å². The van der Waals surface area contributed by atoms with E-state index in [1.165, 1.54) is 12.1 Å². The van der Waals surface area contributed by atoms with E-state index < -0.39 is 12.2 Å². The quantitative estimate of drug-likeness (QED) is 0.713. The molecule has 0 saturated heterocycles. The second kappa shape index (κ2) is 7.41. The molecule has 1 unspecified atom stereocenters. The van der Waals surface area contributed by atoms with E-state index in [1.54, 1.807) is 18.2 Å². The molecule has 1 nitrogen and oxygen atoms in total. The van der Waals surface area contributed by atoms with Crippen LogP contribution in [-0.2, 0) is 0 Å². The van der Waals surface area contributed by atoms with E-state index in [2.05, 4.69) is 12.2 Å². The highest BCUT2D eigenvalue weighted by atomic mass is 19.4. The number of unbranched alkanes of at least 4 members (excludes halogenated alkanes) is 3. The molecule has 0 heterocycles. The van der Waals surface area contributed by atoms with Crippen molar-refractivity contribution in [2.75, 3.05) is 6.54 Å². The summed E-state index contributed by atoms with van der Waals surface area (Å²) in [5.74, 6) is 0. The van der Waals surface area contributed by atoms with Crippen LogP contribution in [0.4, 0.5) is 13.2 Å². The number of hydrogen-bond donors (Lipinski definition) is 1. The van der Waals surface area contributed by atoms with Crippen LogP contribution in [0.2, 0.25) is 0 Å². The number of benzene rings is 1. The highest BCUT2D eigenvalue weighted by molar-refractivity contribution is 5.20. The smallest absolute Gasteiger partial charge is 0.302 e. The van der Waals surface area contributed by atoms with Crippen LogP contribution in [0.3, 0.4) is 0 Å². The third kappa shape index (κ3) is 5.08. The third-order valence-corrected chi connectivity index (χ3v) is 2.84. The molecular weight excluding hydrogens is 239 g/mol. The molecule has 0 bridgehead atoms. The first-order valence-electron chi connectivity index (χ1n) is 6.40. The van der Waals surface area contributed by atoms with Gasteiger partial charge in [-0.2, -0.15) is 13.2 Å². The molecule has 18 heavy (non-hydrogen) atoms. The Morgan fingerprint density at radius 2 is 1.72 bits per heavy atom. The van der Waals surface area contributed by atoms with E-state index >= 15 is 0 Å². The predicted octanol–water partition coefficient (Wildman–Crippen LogP) is 4.46. The van der Waals surface area contributed by atoms with Gasteiger partial charge in [-0.15, -0.1) is 0 Å². The first-order chi connectivity index (χ1) is 8.55. The Labute approximate surface area is 106 Å². The van der Waals surface area contributed by atoms with Crippen molar-refractivity contribution in [2.24, 2.45) is 0 Å². The fourth-order valence-corrected chi connectivity index (χ4v) is 1.87. The normalized spacial score (nSPS) is 13.6. The summed E-state index contributed by atoms with van der Waals surface area (Å²) in [6, 6.07) is 6.45. The predicted molar refractivity (Wildman–Crippen MR) is 67.4 cm³/mol. The van der Waals surface area contributed by atoms with Crippen molar-refractivity contribution in [3.63, 3.8) is 0 Å². The SMILES string of the molecule is CCCCCCNC(c1ccccc1)C(F)(F)F. The molecule has 1 rings (SSSR count). The van der Waals surface area contributed by atoms with Gasteiger partial charge in [0.2, 0.25) is 0 Å². The lowest BCUT2D eigenvalue weighted by Crippen LogP contribution is -2.34. The molecule has 4 heteroatoms. The summed E-state index contributed by atoms with van der Waals surface area (Å²) < 4.78 is 38.8. The summed E-state index contributed by atoms with van der Waals surface area (Å²) in [4.78, 5) is 0. The molecule has 1 atom stereocenters. The zero-order chi connectivity index (χ0) is 13.4. The first kappa shape index (κ1) is 15.0. The van der Waals surface area contributed by atoms with Crippen molar-refractivity contribution in [1.82, 2.24) is 5.32 Å². The molecule has 1 aromatic carbocycles. The van der Waals surface area contributed by atoms with Gasteiger partial charge in [-0.25, -0.2) is 0 Å². The minimum Gasteiger partial charge on any atom is -0.302 e. The summed E-state index contributed by atoms with van der Waals surface area (Å²) in [6.07, 6.45) is -0.326. The van der Waals surface area contributed by atoms with E-state index in [0.717, 1.165) is 25.7 Å². The number of halogens is 3. The second-order valence-electron chi connectivity index (χ2n) is 4.40. The molecule has 0 saturated carbocycles. The van der Waals surface area contributed by atoms with Crippen LogP contribution < -0.4 is 5.32 Å². The maximum Gasteiger partial charge on any atom is 0.407 e. The molecule has 0 aliphatic carbocycles. The number of alkyl halides is 3. The Balaban J connectivity index is 2.53. The van der Waals surface area contributed by atoms with Gasteiger partial charge >= 0.3 is 6.18 Å². The second-order valence-corrected chi connectivity index (χ2v) is 4.40. The molecule has 0 spiro atoms. The highest BCUT2D eigenvalue weighted by Gasteiger charge is 2.40. The van der Waals surface area contributed by atoms with Crippen LogP contribution in [0, 0.1) is 0 Å². The topological polar surface area (TPSA) is 12.0 Å². The third-order valence-electron chi connectivity index (χ3n) is 2.84. The lowest BCUT2D eigenvalue weighted by Gasteiger charge is -2.22.